The van der Waals surface area contributed by atoms with Gasteiger partial charge in [0.1, 0.15) is 23.7 Å². The van der Waals surface area contributed by atoms with Gasteiger partial charge in [-0.2, -0.15) is 158 Å². The Morgan fingerprint density at radius 3 is 1.00 bits per heavy atom. The van der Waals surface area contributed by atoms with Crippen LogP contribution in [-0.4, -0.2) is 255 Å². The van der Waals surface area contributed by atoms with Gasteiger partial charge in [-0.3, -0.25) is 19.2 Å². The SMILES string of the molecule is CC(C)[C@H](NC(=O)[C@H](Cc1ccccc1)NC(=O)OC(C)(C)C)C(=O)N1CCC[C@H]1C(=O)NCC(=O)Nc1ccc2c(c1)-c1nc-2nc2[n-]c(nc3nc(nc4[n-]c(n1)c1c(OCC(F)(F)F)c(OCC(F)(F)F)c(OCC(F)(F)F)c(OCC(F)(F)F)c41)-c1c(OCC(F)(F)F)c(OCC(F)(F)F)c(OCC(F)(F)F)c(OCC(F)(F)F)c1-3)c1c(OCC(F)(F)F)c(OCC(F)(F)F)c(OCC(F)(F)F)c(OCC(F)(F)F)c21.[Zn+2]. The molecule has 11 rings (SSSR count). The van der Waals surface area contributed by atoms with Crippen molar-refractivity contribution in [3.8, 4) is 115 Å². The molecule has 8 aromatic rings. The number of amides is 5. The monoisotopic (exact) mass is 2270 g/mol. The van der Waals surface area contributed by atoms with Crippen LogP contribution in [0.15, 0.2) is 48.5 Å². The summed E-state index contributed by atoms with van der Waals surface area (Å²) in [6.07, 6.45) is -74.4. The van der Waals surface area contributed by atoms with Crippen molar-refractivity contribution in [3.05, 3.63) is 54.1 Å². The zero-order valence-corrected chi connectivity index (χ0v) is 78.6. The van der Waals surface area contributed by atoms with Gasteiger partial charge >= 0.3 is 99.7 Å². The summed E-state index contributed by atoms with van der Waals surface area (Å²) in [5.74, 6) is -43.3. The molecule has 5 amide bonds. The van der Waals surface area contributed by atoms with E-state index >= 15 is 0 Å². The van der Waals surface area contributed by atoms with Gasteiger partial charge < -0.3 is 118 Å². The number of alkyl halides is 36. The molecule has 3 aliphatic heterocycles. The van der Waals surface area contributed by atoms with Crippen molar-refractivity contribution in [2.45, 2.75) is 152 Å². The number of carbonyl (C=O) groups is 5. The van der Waals surface area contributed by atoms with Gasteiger partial charge in [0.2, 0.25) is 58.1 Å². The average Bonchev–Trinajstić information content (AvgIpc) is 1.55. The predicted molar refractivity (Wildman–Crippen MR) is 429 cm³/mol. The quantitative estimate of drug-likeness (QED) is 0.0212. The molecular weight excluding hydrogens is 2200 g/mol. The Morgan fingerprint density at radius 1 is 0.380 bits per heavy atom. The first-order valence-corrected chi connectivity index (χ1v) is 41.5. The Kier molecular flexibility index (Phi) is 35.0. The molecule has 5 aromatic carbocycles. The van der Waals surface area contributed by atoms with Crippen LogP contribution in [0.2, 0.25) is 0 Å². The Labute approximate surface area is 824 Å². The molecule has 0 spiro atoms. The number of rotatable bonds is 35. The fourth-order valence-electron chi connectivity index (χ4n) is 13.9. The largest absolute Gasteiger partial charge is 2.00 e. The van der Waals surface area contributed by atoms with Gasteiger partial charge in [-0.05, 0) is 63.3 Å². The van der Waals surface area contributed by atoms with Crippen LogP contribution >= 0.6 is 0 Å². The summed E-state index contributed by atoms with van der Waals surface area (Å²) >= 11 is 0. The molecule has 0 unspecified atom stereocenters. The molecule has 3 aromatic heterocycles. The van der Waals surface area contributed by atoms with Gasteiger partial charge in [0.15, 0.2) is 114 Å². The second-order valence-electron chi connectivity index (χ2n) is 32.9. The van der Waals surface area contributed by atoms with E-state index in [9.17, 15) is 182 Å². The summed E-state index contributed by atoms with van der Waals surface area (Å²) in [5.41, 5.74) is -16.6. The van der Waals surface area contributed by atoms with E-state index in [1.54, 1.807) is 30.3 Å². The first-order chi connectivity index (χ1) is 68.3. The number of anilines is 1. The van der Waals surface area contributed by atoms with Crippen LogP contribution in [0.5, 0.6) is 69.0 Å². The zero-order valence-electron chi connectivity index (χ0n) is 75.6. The van der Waals surface area contributed by atoms with E-state index in [-0.39, 0.29) is 45.3 Å². The molecule has 8 bridgehead atoms. The summed E-state index contributed by atoms with van der Waals surface area (Å²) in [6.45, 7) is -32.1. The van der Waals surface area contributed by atoms with Gasteiger partial charge in [0.05, 0.1) is 41.0 Å². The Bertz CT molecular complexity index is 6460. The van der Waals surface area contributed by atoms with E-state index in [0.29, 0.717) is 23.8 Å². The molecule has 1 saturated heterocycles. The third kappa shape index (κ3) is 32.4. The normalized spacial score (nSPS) is 14.5. The summed E-state index contributed by atoms with van der Waals surface area (Å²) in [6, 6.07) is 5.21. The number of benzene rings is 5. The van der Waals surface area contributed by atoms with Gasteiger partial charge in [-0.25, -0.2) is 14.8 Å². The van der Waals surface area contributed by atoms with E-state index in [1.807, 2.05) is 0 Å². The average molecular weight is 2270 g/mol. The third-order valence-corrected chi connectivity index (χ3v) is 19.1. The number of nitrogens with one attached hydrogen (secondary N) is 4. The maximum Gasteiger partial charge on any atom is 2.00 e. The minimum Gasteiger partial charge on any atom is -0.479 e. The van der Waals surface area contributed by atoms with Crippen LogP contribution in [-0.2, 0) is 49.8 Å². The van der Waals surface area contributed by atoms with Crippen molar-refractivity contribution in [3.63, 3.8) is 0 Å². The third-order valence-electron chi connectivity index (χ3n) is 19.1. The van der Waals surface area contributed by atoms with E-state index in [0.717, 1.165) is 4.90 Å². The maximum absolute atomic E-state index is 14.9. The number of nitrogens with zero attached hydrogens (tertiary/aromatic N) is 9. The van der Waals surface area contributed by atoms with Crippen LogP contribution in [0.4, 0.5) is 169 Å². The van der Waals surface area contributed by atoms with Crippen molar-refractivity contribution < 1.29 is 263 Å². The van der Waals surface area contributed by atoms with Crippen molar-refractivity contribution in [1.29, 1.82) is 0 Å². The van der Waals surface area contributed by atoms with Crippen molar-refractivity contribution in [1.82, 2.24) is 60.7 Å². The van der Waals surface area contributed by atoms with Crippen LogP contribution in [0.25, 0.3) is 89.7 Å². The number of fused-ring (bicyclic) bond motifs is 20. The first kappa shape index (κ1) is 118. The Morgan fingerprint density at radius 2 is 0.680 bits per heavy atom. The molecular formula is C82H65F36N13O18Zn. The van der Waals surface area contributed by atoms with E-state index in [4.69, 9.17) is 33.2 Å². The van der Waals surface area contributed by atoms with E-state index < -0.39 is 384 Å². The predicted octanol–water partition coefficient (Wildman–Crippen LogP) is 18.7. The number of aromatic nitrogens is 8. The number of carbonyl (C=O) groups excluding carboxylic acids is 5. The van der Waals surface area contributed by atoms with Crippen LogP contribution in [0.1, 0.15) is 53.0 Å². The molecule has 31 nitrogen and oxygen atoms in total. The van der Waals surface area contributed by atoms with Crippen LogP contribution in [0.3, 0.4) is 0 Å². The molecule has 68 heteroatoms. The maximum atomic E-state index is 14.9. The minimum atomic E-state index is -6.17. The van der Waals surface area contributed by atoms with Gasteiger partial charge in [-0.1, -0.05) is 44.2 Å². The number of likely N-dealkylation sites (tertiary alicyclic amines) is 1. The number of ether oxygens (including phenoxy) is 13. The van der Waals surface area contributed by atoms with Gasteiger partial charge in [0, 0.05) is 73.9 Å². The van der Waals surface area contributed by atoms with Gasteiger partial charge in [0.25, 0.3) is 0 Å². The molecule has 0 aliphatic carbocycles. The minimum absolute atomic E-state index is 0. The van der Waals surface area contributed by atoms with Crippen molar-refractivity contribution in [2.75, 3.05) is 97.7 Å². The molecule has 150 heavy (non-hydrogen) atoms. The topological polar surface area (TPSA) is 362 Å². The second kappa shape index (κ2) is 44.5. The van der Waals surface area contributed by atoms with E-state index in [1.165, 1.54) is 34.6 Å². The summed E-state index contributed by atoms with van der Waals surface area (Å²) in [5, 5.41) is 0.968. The number of hydrogen-bond acceptors (Lipinski definition) is 24. The Hall–Kier alpha value is -13.7. The molecule has 820 valence electrons. The zero-order chi connectivity index (χ0) is 111. The summed E-state index contributed by atoms with van der Waals surface area (Å²) < 4.78 is 594. The second-order valence-corrected chi connectivity index (χ2v) is 32.9. The first-order valence-electron chi connectivity index (χ1n) is 41.5. The molecule has 6 heterocycles. The molecule has 1 fully saturated rings. The fourth-order valence-corrected chi connectivity index (χ4v) is 13.9. The van der Waals surface area contributed by atoms with Crippen LogP contribution in [0, 0.1) is 5.92 Å². The van der Waals surface area contributed by atoms with Crippen molar-refractivity contribution >= 4 is 79.5 Å². The number of halogens is 36. The van der Waals surface area contributed by atoms with Crippen molar-refractivity contribution in [2.24, 2.45) is 5.92 Å². The number of alkyl carbamates (subject to hydrolysis) is 1. The van der Waals surface area contributed by atoms with E-state index in [2.05, 4.69) is 89.6 Å². The van der Waals surface area contributed by atoms with Crippen LogP contribution < -0.4 is 88.1 Å². The Balaban J connectivity index is 0.0000230. The summed E-state index contributed by atoms with van der Waals surface area (Å²) in [7, 11) is 0. The smallest absolute Gasteiger partial charge is 0.479 e. The van der Waals surface area contributed by atoms with Gasteiger partial charge in [-0.15, -0.1) is 0 Å². The molecule has 3 aliphatic rings. The fraction of sp³-hybridized carbons (Fsp3) is 0.476. The molecule has 3 atom stereocenters. The molecule has 0 saturated carbocycles. The number of hydrogen-bond donors (Lipinski definition) is 4. The molecule has 4 N–H and O–H groups in total. The molecule has 0 radical (unpaired) electrons. The summed E-state index contributed by atoms with van der Waals surface area (Å²) in [4.78, 5) is 102. The standard InChI is InChI=1S/C82H67F36N13O18.Zn/c1-31(2)45(122-66(133)36(16-32-10-7-6-8-11-32)121-69(136)149-70(3,4)5)68(135)131-15-9-12-37(131)67(134)119-18-38(132)120-33-13-14-34-35(17-33)59-123-58(34)124-60-39-41(48(139-21-73(89,90)91)54(145-27-79(107,108)109)52(143-25-77(101,102)103)46(39)137-19-71(83,84)85)62(126-60)128-64-43-44(51(142-24-76(98,99)100)57(148-30-82(116,117)118)56(147-29-81(113,114)115)50(43)141-23-75(95,96)97)65(130-64)129-63-42-40(61(125-59)127-63)47(138-20-72(86,87)88)53(144-26-78(104,105)106)55(146-28-80(110,111)112)49(42)140-22-74(92,93)94;/h6-8,10-11,13-14,17,31,36-37,45H,9,12,15-16,18-30H2,1-5H3,(H6,119,120,121,122,123,124,125,126,127,128,129,130,132,133,134,136);/q;+2/p-2/t36-,37-,45-;/m0./s1.